The van der Waals surface area contributed by atoms with Gasteiger partial charge >= 0.3 is 0 Å². The molecule has 0 spiro atoms. The van der Waals surface area contributed by atoms with Crippen LogP contribution in [0.2, 0.25) is 0 Å². The number of rotatable bonds is 22. The molecule has 0 heterocycles. The maximum absolute atomic E-state index is 10.8. The fourth-order valence-corrected chi connectivity index (χ4v) is 3.65. The Hall–Kier alpha value is -0.130. The fourth-order valence-electron chi connectivity index (χ4n) is 3.23. The van der Waals surface area contributed by atoms with Crippen molar-refractivity contribution >= 4 is 10.1 Å². The molecule has 0 N–H and O–H groups in total. The molecule has 0 amide bonds. The molecule has 0 atom stereocenters. The minimum absolute atomic E-state index is 0.220. The Morgan fingerprint density at radius 3 is 1.30 bits per heavy atom. The van der Waals surface area contributed by atoms with Crippen molar-refractivity contribution in [1.82, 2.24) is 0 Å². The molecule has 0 saturated heterocycles. The topological polar surface area (TPSA) is 52.6 Å². The summed E-state index contributed by atoms with van der Waals surface area (Å²) < 4.78 is 31.7. The van der Waals surface area contributed by atoms with Gasteiger partial charge in [0.2, 0.25) is 0 Å². The molecular formula is C22H46O4S. The number of ether oxygens (including phenoxy) is 1. The van der Waals surface area contributed by atoms with E-state index in [-0.39, 0.29) is 6.61 Å². The Kier molecular flexibility index (Phi) is 20.5. The van der Waals surface area contributed by atoms with Crippen molar-refractivity contribution < 1.29 is 17.3 Å². The fraction of sp³-hybridized carbons (Fsp3) is 1.00. The van der Waals surface area contributed by atoms with Crippen molar-refractivity contribution in [2.75, 3.05) is 26.1 Å². The smallest absolute Gasteiger partial charge is 0.264 e. The zero-order valence-corrected chi connectivity index (χ0v) is 19.0. The van der Waals surface area contributed by atoms with E-state index in [0.29, 0.717) is 13.0 Å². The highest BCUT2D eigenvalue weighted by Gasteiger charge is 2.00. The predicted octanol–water partition coefficient (Wildman–Crippen LogP) is 6.63. The average Bonchev–Trinajstić information content (AvgIpc) is 2.62. The van der Waals surface area contributed by atoms with Crippen molar-refractivity contribution in [1.29, 1.82) is 0 Å². The largest absolute Gasteiger partial charge is 0.381 e. The van der Waals surface area contributed by atoms with E-state index < -0.39 is 10.1 Å². The Morgan fingerprint density at radius 1 is 0.519 bits per heavy atom. The van der Waals surface area contributed by atoms with Crippen LogP contribution in [0.4, 0.5) is 0 Å². The van der Waals surface area contributed by atoms with Crippen LogP contribution in [0.5, 0.6) is 0 Å². The molecule has 0 aliphatic heterocycles. The third-order valence-electron chi connectivity index (χ3n) is 4.87. The average molecular weight is 407 g/mol. The van der Waals surface area contributed by atoms with Crippen molar-refractivity contribution in [3.63, 3.8) is 0 Å². The molecular weight excluding hydrogens is 360 g/mol. The predicted molar refractivity (Wildman–Crippen MR) is 116 cm³/mol. The second kappa shape index (κ2) is 20.6. The van der Waals surface area contributed by atoms with E-state index in [4.69, 9.17) is 4.74 Å². The summed E-state index contributed by atoms with van der Waals surface area (Å²) in [7, 11) is -3.30. The van der Waals surface area contributed by atoms with Crippen LogP contribution in [0.25, 0.3) is 0 Å². The highest BCUT2D eigenvalue weighted by atomic mass is 32.2. The quantitative estimate of drug-likeness (QED) is 0.149. The summed E-state index contributed by atoms with van der Waals surface area (Å²) in [4.78, 5) is 0. The molecule has 0 aromatic heterocycles. The molecule has 4 nitrogen and oxygen atoms in total. The Labute approximate surface area is 169 Å². The van der Waals surface area contributed by atoms with Gasteiger partial charge in [0, 0.05) is 13.2 Å². The lowest BCUT2D eigenvalue weighted by atomic mass is 10.0. The van der Waals surface area contributed by atoms with Crippen molar-refractivity contribution in [2.45, 2.75) is 116 Å². The molecule has 0 fully saturated rings. The van der Waals surface area contributed by atoms with E-state index in [1.807, 2.05) is 0 Å². The lowest BCUT2D eigenvalue weighted by Gasteiger charge is -2.05. The van der Waals surface area contributed by atoms with Crippen LogP contribution in [-0.4, -0.2) is 34.5 Å². The zero-order valence-electron chi connectivity index (χ0n) is 18.2. The summed E-state index contributed by atoms with van der Waals surface area (Å²) in [6.07, 6.45) is 23.7. The summed E-state index contributed by atoms with van der Waals surface area (Å²) in [5.41, 5.74) is 0. The Balaban J connectivity index is 3.03. The molecule has 0 saturated carbocycles. The van der Waals surface area contributed by atoms with E-state index >= 15 is 0 Å². The van der Waals surface area contributed by atoms with Gasteiger partial charge < -0.3 is 4.74 Å². The zero-order chi connectivity index (χ0) is 20.1. The van der Waals surface area contributed by atoms with Gasteiger partial charge in [-0.05, 0) is 12.8 Å². The normalized spacial score (nSPS) is 11.9. The van der Waals surface area contributed by atoms with Crippen LogP contribution in [0, 0.1) is 0 Å². The molecule has 0 aliphatic rings. The highest BCUT2D eigenvalue weighted by molar-refractivity contribution is 7.85. The second-order valence-corrected chi connectivity index (χ2v) is 9.44. The molecule has 27 heavy (non-hydrogen) atoms. The molecule has 0 rings (SSSR count). The first-order chi connectivity index (χ1) is 13.1. The summed E-state index contributed by atoms with van der Waals surface area (Å²) in [6, 6.07) is 0. The third-order valence-corrected chi connectivity index (χ3v) is 5.47. The van der Waals surface area contributed by atoms with Crippen LogP contribution in [0.15, 0.2) is 0 Å². The van der Waals surface area contributed by atoms with Crippen LogP contribution in [-0.2, 0) is 19.0 Å². The van der Waals surface area contributed by atoms with Gasteiger partial charge in [-0.15, -0.1) is 0 Å². The third kappa shape index (κ3) is 25.9. The van der Waals surface area contributed by atoms with Gasteiger partial charge in [0.05, 0.1) is 12.9 Å². The lowest BCUT2D eigenvalue weighted by molar-refractivity contribution is 0.116. The Bertz CT molecular complexity index is 382. The Morgan fingerprint density at radius 2 is 0.889 bits per heavy atom. The van der Waals surface area contributed by atoms with Gasteiger partial charge in [0.1, 0.15) is 0 Å². The van der Waals surface area contributed by atoms with Gasteiger partial charge in [-0.3, -0.25) is 4.18 Å². The van der Waals surface area contributed by atoms with Gasteiger partial charge in [0.15, 0.2) is 0 Å². The van der Waals surface area contributed by atoms with Gasteiger partial charge in [-0.25, -0.2) is 0 Å². The van der Waals surface area contributed by atoms with E-state index in [2.05, 4.69) is 11.1 Å². The minimum Gasteiger partial charge on any atom is -0.381 e. The van der Waals surface area contributed by atoms with Crippen LogP contribution >= 0.6 is 0 Å². The van der Waals surface area contributed by atoms with E-state index in [1.165, 1.54) is 96.3 Å². The first-order valence-corrected chi connectivity index (χ1v) is 13.3. The monoisotopic (exact) mass is 406 g/mol. The standard InChI is InChI=1S/C22H46O4S/c1-3-4-5-6-7-8-9-10-11-12-13-14-15-16-17-18-20-25-21-19-22-26-27(2,23)24/h3-22H2,1-2H3. The molecule has 0 aliphatic carbocycles. The van der Waals surface area contributed by atoms with Gasteiger partial charge in [0.25, 0.3) is 10.1 Å². The highest BCUT2D eigenvalue weighted by Crippen LogP contribution is 2.13. The van der Waals surface area contributed by atoms with Gasteiger partial charge in [-0.1, -0.05) is 103 Å². The first-order valence-electron chi connectivity index (χ1n) is 11.5. The van der Waals surface area contributed by atoms with Crippen molar-refractivity contribution in [2.24, 2.45) is 0 Å². The van der Waals surface area contributed by atoms with E-state index in [1.54, 1.807) is 0 Å². The lowest BCUT2D eigenvalue weighted by Crippen LogP contribution is -2.07. The van der Waals surface area contributed by atoms with E-state index in [0.717, 1.165) is 19.3 Å². The molecule has 5 heteroatoms. The summed E-state index contributed by atoms with van der Waals surface area (Å²) in [5.74, 6) is 0. The summed E-state index contributed by atoms with van der Waals surface area (Å²) in [5, 5.41) is 0. The summed E-state index contributed by atoms with van der Waals surface area (Å²) >= 11 is 0. The molecule has 0 unspecified atom stereocenters. The minimum atomic E-state index is -3.30. The maximum Gasteiger partial charge on any atom is 0.264 e. The molecule has 0 aromatic rings. The van der Waals surface area contributed by atoms with Crippen LogP contribution in [0.1, 0.15) is 116 Å². The van der Waals surface area contributed by atoms with Crippen molar-refractivity contribution in [3.05, 3.63) is 0 Å². The molecule has 0 radical (unpaired) electrons. The molecule has 0 bridgehead atoms. The van der Waals surface area contributed by atoms with Crippen LogP contribution < -0.4 is 0 Å². The number of hydrogen-bond donors (Lipinski definition) is 0. The number of unbranched alkanes of at least 4 members (excludes halogenated alkanes) is 15. The van der Waals surface area contributed by atoms with Gasteiger partial charge in [-0.2, -0.15) is 8.42 Å². The number of hydrogen-bond acceptors (Lipinski definition) is 4. The SMILES string of the molecule is CCCCCCCCCCCCCCCCCCOCCCOS(C)(=O)=O. The maximum atomic E-state index is 10.8. The first kappa shape index (κ1) is 26.9. The second-order valence-electron chi connectivity index (χ2n) is 7.80. The van der Waals surface area contributed by atoms with Crippen molar-refractivity contribution in [3.8, 4) is 0 Å². The van der Waals surface area contributed by atoms with E-state index in [9.17, 15) is 8.42 Å². The van der Waals surface area contributed by atoms with Crippen LogP contribution in [0.3, 0.4) is 0 Å². The summed E-state index contributed by atoms with van der Waals surface area (Å²) in [6.45, 7) is 3.85. The molecule has 164 valence electrons. The molecule has 0 aromatic carbocycles.